The third-order valence-electron chi connectivity index (χ3n) is 7.43. The molecule has 0 spiro atoms. The smallest absolute Gasteiger partial charge is 0.310 e. The van der Waals surface area contributed by atoms with Gasteiger partial charge in [0.15, 0.2) is 16.7 Å². The Morgan fingerprint density at radius 1 is 0.976 bits per heavy atom. The van der Waals surface area contributed by atoms with Crippen LogP contribution in [0.5, 0.6) is 11.5 Å². The van der Waals surface area contributed by atoms with Crippen LogP contribution in [0.15, 0.2) is 72.8 Å². The number of halogens is 1. The van der Waals surface area contributed by atoms with E-state index in [-0.39, 0.29) is 0 Å². The van der Waals surface area contributed by atoms with Crippen LogP contribution in [0, 0.1) is 0 Å². The summed E-state index contributed by atoms with van der Waals surface area (Å²) in [6, 6.07) is 24.1. The first-order chi connectivity index (χ1) is 19.9. The second kappa shape index (κ2) is 13.2. The van der Waals surface area contributed by atoms with E-state index in [1.165, 1.54) is 0 Å². The summed E-state index contributed by atoms with van der Waals surface area (Å²) in [7, 11) is 0. The van der Waals surface area contributed by atoms with Gasteiger partial charge in [-0.05, 0) is 42.2 Å². The van der Waals surface area contributed by atoms with E-state index >= 15 is 0 Å². The number of ether oxygens (including phenoxy) is 2. The van der Waals surface area contributed by atoms with Crippen LogP contribution in [-0.2, 0) is 31.0 Å². The van der Waals surface area contributed by atoms with E-state index in [2.05, 4.69) is 34.6 Å². The minimum atomic E-state index is -0.831. The van der Waals surface area contributed by atoms with Crippen LogP contribution in [0.2, 0.25) is 5.15 Å². The molecule has 1 unspecified atom stereocenters. The van der Waals surface area contributed by atoms with Gasteiger partial charge in [-0.2, -0.15) is 0 Å². The van der Waals surface area contributed by atoms with E-state index in [1.807, 2.05) is 54.6 Å². The van der Waals surface area contributed by atoms with E-state index in [9.17, 15) is 9.90 Å². The molecule has 0 amide bonds. The second-order valence-electron chi connectivity index (χ2n) is 10.5. The van der Waals surface area contributed by atoms with Crippen molar-refractivity contribution >= 4 is 17.6 Å². The van der Waals surface area contributed by atoms with Crippen molar-refractivity contribution in [2.45, 2.75) is 58.8 Å². The lowest BCUT2D eigenvalue weighted by Gasteiger charge is -2.25. The standard InChI is InChI=1S/C33H36ClN3O4/c1-3-4-16-37-28(31(34)35-32(37)27-8-6-5-7-9-27)22-36(20-24-10-13-26(14-11-24)23(2)33(38)39)21-25-12-15-29-30(19-25)41-18-17-40-29/h5-15,19,23H,3-4,16-18,20-22H2,1-2H3,(H,38,39). The minimum Gasteiger partial charge on any atom is -0.486 e. The Morgan fingerprint density at radius 2 is 1.66 bits per heavy atom. The molecule has 1 aliphatic heterocycles. The zero-order valence-electron chi connectivity index (χ0n) is 23.6. The van der Waals surface area contributed by atoms with Gasteiger partial charge in [-0.3, -0.25) is 9.69 Å². The number of benzene rings is 3. The number of hydrogen-bond donors (Lipinski definition) is 1. The first-order valence-electron chi connectivity index (χ1n) is 14.2. The lowest BCUT2D eigenvalue weighted by atomic mass is 10.00. The number of aliphatic carboxylic acids is 1. The predicted octanol–water partition coefficient (Wildman–Crippen LogP) is 7.17. The minimum absolute atomic E-state index is 0.512. The zero-order valence-corrected chi connectivity index (χ0v) is 24.3. The Hall–Kier alpha value is -3.81. The van der Waals surface area contributed by atoms with Crippen LogP contribution in [0.1, 0.15) is 55.0 Å². The second-order valence-corrected chi connectivity index (χ2v) is 10.8. The van der Waals surface area contributed by atoms with Gasteiger partial charge in [-0.25, -0.2) is 4.98 Å². The molecule has 0 aliphatic carbocycles. The average Bonchev–Trinajstić information content (AvgIpc) is 3.30. The highest BCUT2D eigenvalue weighted by molar-refractivity contribution is 6.30. The van der Waals surface area contributed by atoms with Gasteiger partial charge in [0.25, 0.3) is 0 Å². The highest BCUT2D eigenvalue weighted by Crippen LogP contribution is 2.32. The average molecular weight is 574 g/mol. The molecule has 0 fully saturated rings. The molecule has 214 valence electrons. The van der Waals surface area contributed by atoms with Gasteiger partial charge in [0, 0.05) is 31.7 Å². The Morgan fingerprint density at radius 3 is 2.37 bits per heavy atom. The van der Waals surface area contributed by atoms with Crippen LogP contribution in [0.4, 0.5) is 0 Å². The molecule has 2 heterocycles. The van der Waals surface area contributed by atoms with Gasteiger partial charge in [0.05, 0.1) is 11.6 Å². The number of rotatable bonds is 12. The van der Waals surface area contributed by atoms with E-state index in [0.29, 0.717) is 38.0 Å². The van der Waals surface area contributed by atoms with E-state index in [1.54, 1.807) is 6.92 Å². The Kier molecular flexibility index (Phi) is 9.27. The molecule has 0 saturated carbocycles. The number of carboxylic acids is 1. The van der Waals surface area contributed by atoms with Crippen molar-refractivity contribution in [3.05, 3.63) is 100 Å². The largest absolute Gasteiger partial charge is 0.486 e. The van der Waals surface area contributed by atoms with Crippen molar-refractivity contribution in [3.63, 3.8) is 0 Å². The van der Waals surface area contributed by atoms with Crippen LogP contribution < -0.4 is 9.47 Å². The fourth-order valence-electron chi connectivity index (χ4n) is 5.11. The van der Waals surface area contributed by atoms with Crippen LogP contribution in [0.25, 0.3) is 11.4 Å². The molecule has 7 nitrogen and oxygen atoms in total. The number of nitrogens with zero attached hydrogens (tertiary/aromatic N) is 3. The molecule has 0 bridgehead atoms. The normalized spacial score (nSPS) is 13.4. The predicted molar refractivity (Wildman–Crippen MR) is 160 cm³/mol. The summed E-state index contributed by atoms with van der Waals surface area (Å²) in [5.41, 5.74) is 4.99. The number of hydrogen-bond acceptors (Lipinski definition) is 5. The summed E-state index contributed by atoms with van der Waals surface area (Å²) in [6.07, 6.45) is 2.08. The van der Waals surface area contributed by atoms with Gasteiger partial charge in [-0.1, -0.05) is 85.6 Å². The van der Waals surface area contributed by atoms with Crippen molar-refractivity contribution in [2.75, 3.05) is 13.2 Å². The molecule has 4 aromatic rings. The molecular weight excluding hydrogens is 538 g/mol. The van der Waals surface area contributed by atoms with Crippen molar-refractivity contribution in [1.29, 1.82) is 0 Å². The fraction of sp³-hybridized carbons (Fsp3) is 0.333. The summed E-state index contributed by atoms with van der Waals surface area (Å²) < 4.78 is 13.8. The van der Waals surface area contributed by atoms with E-state index < -0.39 is 11.9 Å². The maximum absolute atomic E-state index is 11.5. The first-order valence-corrected chi connectivity index (χ1v) is 14.5. The zero-order chi connectivity index (χ0) is 28.8. The molecule has 0 radical (unpaired) electrons. The summed E-state index contributed by atoms with van der Waals surface area (Å²) >= 11 is 6.86. The maximum Gasteiger partial charge on any atom is 0.310 e. The molecule has 1 atom stereocenters. The van der Waals surface area contributed by atoms with Crippen molar-refractivity contribution in [2.24, 2.45) is 0 Å². The summed E-state index contributed by atoms with van der Waals surface area (Å²) in [6.45, 7) is 7.69. The number of fused-ring (bicyclic) bond motifs is 1. The SMILES string of the molecule is CCCCn1c(-c2ccccc2)nc(Cl)c1CN(Cc1ccc(C(C)C(=O)O)cc1)Cc1ccc2c(c1)OCCO2. The molecular formula is C33H36ClN3O4. The first kappa shape index (κ1) is 28.7. The van der Waals surface area contributed by atoms with Crippen molar-refractivity contribution < 1.29 is 19.4 Å². The highest BCUT2D eigenvalue weighted by Gasteiger charge is 2.21. The lowest BCUT2D eigenvalue weighted by Crippen LogP contribution is -2.25. The van der Waals surface area contributed by atoms with Crippen LogP contribution in [-0.4, -0.2) is 38.7 Å². The fourth-order valence-corrected chi connectivity index (χ4v) is 5.35. The Balaban J connectivity index is 1.47. The lowest BCUT2D eigenvalue weighted by molar-refractivity contribution is -0.138. The summed E-state index contributed by atoms with van der Waals surface area (Å²) in [5, 5.41) is 9.92. The quantitative estimate of drug-likeness (QED) is 0.194. The maximum atomic E-state index is 11.5. The molecule has 1 aromatic heterocycles. The molecule has 0 saturated heterocycles. The van der Waals surface area contributed by atoms with Gasteiger partial charge in [-0.15, -0.1) is 0 Å². The summed E-state index contributed by atoms with van der Waals surface area (Å²) in [5.74, 6) is 1.02. The van der Waals surface area contributed by atoms with Crippen LogP contribution in [0.3, 0.4) is 0 Å². The molecule has 3 aromatic carbocycles. The monoisotopic (exact) mass is 573 g/mol. The van der Waals surface area contributed by atoms with Gasteiger partial charge < -0.3 is 19.1 Å². The number of carboxylic acid groups (broad SMARTS) is 1. The van der Waals surface area contributed by atoms with Crippen LogP contribution >= 0.6 is 11.6 Å². The Labute approximate surface area is 246 Å². The molecule has 5 rings (SSSR count). The highest BCUT2D eigenvalue weighted by atomic mass is 35.5. The molecule has 41 heavy (non-hydrogen) atoms. The van der Waals surface area contributed by atoms with Gasteiger partial charge in [0.1, 0.15) is 19.0 Å². The topological polar surface area (TPSA) is 76.8 Å². The molecule has 8 heteroatoms. The third kappa shape index (κ3) is 6.92. The molecule has 1 aliphatic rings. The molecule has 1 N–H and O–H groups in total. The van der Waals surface area contributed by atoms with Crippen molar-refractivity contribution in [1.82, 2.24) is 14.5 Å². The summed E-state index contributed by atoms with van der Waals surface area (Å²) in [4.78, 5) is 18.6. The number of imidazole rings is 1. The third-order valence-corrected chi connectivity index (χ3v) is 7.74. The van der Waals surface area contributed by atoms with Crippen molar-refractivity contribution in [3.8, 4) is 22.9 Å². The van der Waals surface area contributed by atoms with Gasteiger partial charge >= 0.3 is 5.97 Å². The van der Waals surface area contributed by atoms with E-state index in [0.717, 1.165) is 64.7 Å². The van der Waals surface area contributed by atoms with Gasteiger partial charge in [0.2, 0.25) is 0 Å². The number of carbonyl (C=O) groups is 1. The number of unbranched alkanes of at least 4 members (excludes halogenated alkanes) is 1. The Bertz CT molecular complexity index is 1470. The van der Waals surface area contributed by atoms with E-state index in [4.69, 9.17) is 26.1 Å². The number of aromatic nitrogens is 2.